The van der Waals surface area contributed by atoms with Crippen molar-refractivity contribution in [2.24, 2.45) is 17.6 Å². The van der Waals surface area contributed by atoms with Gasteiger partial charge in [-0.25, -0.2) is 14.4 Å². The lowest BCUT2D eigenvalue weighted by Crippen LogP contribution is -2.47. The van der Waals surface area contributed by atoms with E-state index in [0.29, 0.717) is 32.5 Å². The fourth-order valence-electron chi connectivity index (χ4n) is 10.4. The number of rotatable bonds is 11. The Balaban J connectivity index is 0.000000213. The van der Waals surface area contributed by atoms with E-state index in [1.165, 1.54) is 4.90 Å². The number of hydrogen-bond acceptors (Lipinski definition) is 8. The molecule has 0 saturated heterocycles. The van der Waals surface area contributed by atoms with Gasteiger partial charge in [-0.2, -0.15) is 0 Å². The monoisotopic (exact) mass is 973 g/mol. The minimum atomic E-state index is -0.961. The first-order valence-corrected chi connectivity index (χ1v) is 24.8. The number of carboxylic acid groups (broad SMARTS) is 1. The fraction of sp³-hybridized carbons (Fsp3) is 0.473. The first-order chi connectivity index (χ1) is 33.8. The lowest BCUT2D eigenvalue weighted by molar-refractivity contribution is -0.121. The molecule has 0 unspecified atom stereocenters. The third-order valence-corrected chi connectivity index (χ3v) is 15.0. The van der Waals surface area contributed by atoms with Gasteiger partial charge in [-0.3, -0.25) is 14.5 Å². The van der Waals surface area contributed by atoms with Crippen LogP contribution in [0, 0.1) is 39.5 Å². The Labute approximate surface area is 418 Å². The van der Waals surface area contributed by atoms with Crippen molar-refractivity contribution in [3.05, 3.63) is 105 Å². The zero-order valence-electron chi connectivity index (χ0n) is 42.8. The first-order valence-electron chi connectivity index (χ1n) is 24.8. The van der Waals surface area contributed by atoms with E-state index in [1.54, 1.807) is 14.2 Å². The van der Waals surface area contributed by atoms with Crippen LogP contribution in [0.5, 0.6) is 11.5 Å². The van der Waals surface area contributed by atoms with Crippen LogP contribution in [0.1, 0.15) is 117 Å². The summed E-state index contributed by atoms with van der Waals surface area (Å²) in [7, 11) is 3.24. The quantitative estimate of drug-likeness (QED) is 0.0844. The second-order valence-electron chi connectivity index (χ2n) is 20.5. The number of fused-ring (bicyclic) bond motifs is 2. The Morgan fingerprint density at radius 2 is 1.07 bits per heavy atom. The number of urea groups is 2. The zero-order valence-corrected chi connectivity index (χ0v) is 42.8. The molecule has 7 N–H and O–H groups in total. The number of nitrogens with two attached hydrogens (primary N) is 1. The second kappa shape index (κ2) is 22.1. The largest absolute Gasteiger partial charge is 0.496 e. The van der Waals surface area contributed by atoms with Crippen LogP contribution in [0.25, 0.3) is 0 Å². The molecule has 4 aromatic carbocycles. The number of amides is 7. The Bertz CT molecular complexity index is 2650. The summed E-state index contributed by atoms with van der Waals surface area (Å²) < 4.78 is 10.7. The maximum absolute atomic E-state index is 13.0. The van der Waals surface area contributed by atoms with Gasteiger partial charge in [0.2, 0.25) is 11.8 Å². The van der Waals surface area contributed by atoms with E-state index in [1.807, 2.05) is 112 Å². The molecule has 0 atom stereocenters. The summed E-state index contributed by atoms with van der Waals surface area (Å²) in [6.45, 7) is 15.4. The Morgan fingerprint density at radius 3 is 1.45 bits per heavy atom. The van der Waals surface area contributed by atoms with Crippen molar-refractivity contribution in [2.45, 2.75) is 144 Å². The Hall–Kier alpha value is -6.81. The van der Waals surface area contributed by atoms with Crippen LogP contribution < -0.4 is 36.5 Å². The average Bonchev–Trinajstić information content (AvgIpc) is 3.34. The number of nitrogens with zero attached hydrogens (tertiary/aromatic N) is 3. The predicted molar refractivity (Wildman–Crippen MR) is 277 cm³/mol. The van der Waals surface area contributed by atoms with Gasteiger partial charge >= 0.3 is 18.2 Å². The molecular formula is C55H72N8O8. The molecule has 7 amide bonds. The SMILES string of the molecule is COc1cc(NC(=O)C2CCC(N3Cc4c(ccc(CN(C(=O)O)C(C)(C)C)c4C)NC3=O)CC2)ccc1C.COc1cc(NC(=O)C2CCC(N3Cc4c(ccc(CN)c4C)NC3=O)CC2)ccc1C. The minimum absolute atomic E-state index is 0.00452. The standard InChI is InChI=1S/C30H40N4O5.C25H32N4O3/c1-18-7-11-22(15-26(18)39-6)31-27(35)20-8-12-23(13-9-20)33-17-24-19(2)21(10-14-25(24)32-28(33)36)16-34(29(37)38)30(3,4)5;1-15-4-8-19(12-23(15)32-3)27-24(30)17-5-9-20(10-6-17)29-14-21-16(2)18(13-26)7-11-22(21)28-25(29)31/h7,10-11,14-15,20,23H,8-9,12-13,16-17H2,1-6H3,(H,31,35)(H,32,36)(H,37,38);4,7-8,11-12,17,20H,5-6,9-10,13-14,26H2,1-3H3,(H,27,30)(H,28,31). The average molecular weight is 973 g/mol. The second-order valence-corrected chi connectivity index (χ2v) is 20.5. The van der Waals surface area contributed by atoms with Crippen molar-refractivity contribution in [2.75, 3.05) is 35.5 Å². The van der Waals surface area contributed by atoms with Crippen molar-refractivity contribution in [1.29, 1.82) is 0 Å². The van der Waals surface area contributed by atoms with Gasteiger partial charge in [0.05, 0.1) is 27.3 Å². The molecule has 2 saturated carbocycles. The molecule has 8 rings (SSSR count). The Kier molecular flexibility index (Phi) is 16.2. The van der Waals surface area contributed by atoms with Gasteiger partial charge in [-0.05, 0) is 169 Å². The van der Waals surface area contributed by atoms with E-state index in [9.17, 15) is 29.1 Å². The van der Waals surface area contributed by atoms with E-state index < -0.39 is 11.6 Å². The number of benzene rings is 4. The van der Waals surface area contributed by atoms with Crippen LogP contribution in [0.2, 0.25) is 0 Å². The molecule has 16 heteroatoms. The van der Waals surface area contributed by atoms with Crippen LogP contribution in [0.15, 0.2) is 60.7 Å². The highest BCUT2D eigenvalue weighted by atomic mass is 16.5. The van der Waals surface area contributed by atoms with E-state index in [4.69, 9.17) is 15.2 Å². The third-order valence-electron chi connectivity index (χ3n) is 15.0. The molecule has 16 nitrogen and oxygen atoms in total. The topological polar surface area (TPSA) is 208 Å². The lowest BCUT2D eigenvalue weighted by Gasteiger charge is -2.40. The predicted octanol–water partition coefficient (Wildman–Crippen LogP) is 10.5. The number of carbonyl (C=O) groups excluding carboxylic acids is 4. The summed E-state index contributed by atoms with van der Waals surface area (Å²) in [5, 5.41) is 21.9. The van der Waals surface area contributed by atoms with Crippen molar-refractivity contribution in [3.8, 4) is 11.5 Å². The molecule has 4 aliphatic rings. The van der Waals surface area contributed by atoms with Crippen molar-refractivity contribution in [1.82, 2.24) is 14.7 Å². The Morgan fingerprint density at radius 1 is 0.662 bits per heavy atom. The number of carbonyl (C=O) groups is 5. The molecule has 71 heavy (non-hydrogen) atoms. The van der Waals surface area contributed by atoms with Gasteiger partial charge in [-0.1, -0.05) is 24.3 Å². The van der Waals surface area contributed by atoms with Crippen LogP contribution >= 0.6 is 0 Å². The number of aryl methyl sites for hydroxylation is 2. The summed E-state index contributed by atoms with van der Waals surface area (Å²) in [5.74, 6) is 1.36. The maximum Gasteiger partial charge on any atom is 0.408 e. The van der Waals surface area contributed by atoms with Crippen molar-refractivity contribution >= 4 is 52.7 Å². The van der Waals surface area contributed by atoms with E-state index in [2.05, 4.69) is 28.2 Å². The summed E-state index contributed by atoms with van der Waals surface area (Å²) in [6.07, 6.45) is 5.08. The molecule has 0 aromatic heterocycles. The molecule has 2 fully saturated rings. The first kappa shape index (κ1) is 52.0. The molecule has 2 aliphatic heterocycles. The lowest BCUT2D eigenvalue weighted by atomic mass is 9.84. The highest BCUT2D eigenvalue weighted by Crippen LogP contribution is 2.38. The smallest absolute Gasteiger partial charge is 0.408 e. The van der Waals surface area contributed by atoms with Crippen molar-refractivity contribution < 1.29 is 38.6 Å². The minimum Gasteiger partial charge on any atom is -0.496 e. The maximum atomic E-state index is 13.0. The summed E-state index contributed by atoms with van der Waals surface area (Å²) in [4.78, 5) is 68.7. The van der Waals surface area contributed by atoms with Crippen molar-refractivity contribution in [3.63, 3.8) is 0 Å². The molecular weight excluding hydrogens is 901 g/mol. The third kappa shape index (κ3) is 11.9. The van der Waals surface area contributed by atoms with Gasteiger partial charge < -0.3 is 51.4 Å². The van der Waals surface area contributed by atoms with Gasteiger partial charge in [0.15, 0.2) is 0 Å². The van der Waals surface area contributed by atoms with Crippen LogP contribution in [-0.4, -0.2) is 81.6 Å². The number of ether oxygens (including phenoxy) is 2. The molecule has 2 aliphatic carbocycles. The van der Waals surface area contributed by atoms with Gasteiger partial charge in [-0.15, -0.1) is 0 Å². The van der Waals surface area contributed by atoms with Gasteiger partial charge in [0, 0.05) is 77.4 Å². The van der Waals surface area contributed by atoms with Crippen LogP contribution in [-0.2, 0) is 35.8 Å². The summed E-state index contributed by atoms with van der Waals surface area (Å²) in [5.41, 5.74) is 16.8. The number of anilines is 4. The van der Waals surface area contributed by atoms with Gasteiger partial charge in [0.1, 0.15) is 11.5 Å². The zero-order chi connectivity index (χ0) is 51.3. The molecule has 2 heterocycles. The number of methoxy groups -OCH3 is 2. The summed E-state index contributed by atoms with van der Waals surface area (Å²) in [6, 6.07) is 19.0. The molecule has 0 spiro atoms. The van der Waals surface area contributed by atoms with Crippen LogP contribution in [0.4, 0.5) is 37.1 Å². The highest BCUT2D eigenvalue weighted by Gasteiger charge is 2.37. The normalized spacial score (nSPS) is 19.7. The summed E-state index contributed by atoms with van der Waals surface area (Å²) >= 11 is 0. The molecule has 0 radical (unpaired) electrons. The molecule has 0 bridgehead atoms. The molecule has 4 aromatic rings. The fourth-order valence-corrected chi connectivity index (χ4v) is 10.4. The van der Waals surface area contributed by atoms with E-state index in [-0.39, 0.29) is 54.3 Å². The van der Waals surface area contributed by atoms with E-state index >= 15 is 0 Å². The van der Waals surface area contributed by atoms with E-state index in [0.717, 1.165) is 117 Å². The number of hydrogen-bond donors (Lipinski definition) is 6. The van der Waals surface area contributed by atoms with Gasteiger partial charge in [0.25, 0.3) is 0 Å². The highest BCUT2D eigenvalue weighted by molar-refractivity contribution is 5.95. The number of nitrogens with one attached hydrogen (secondary N) is 4. The van der Waals surface area contributed by atoms with Crippen LogP contribution in [0.3, 0.4) is 0 Å². The molecule has 380 valence electrons.